The van der Waals surface area contributed by atoms with Crippen LogP contribution >= 0.6 is 23.4 Å². The van der Waals surface area contributed by atoms with E-state index in [1.807, 2.05) is 25.3 Å². The number of aromatic amines is 1. The number of imidazole rings is 1. The Labute approximate surface area is 206 Å². The van der Waals surface area contributed by atoms with Crippen molar-refractivity contribution in [2.45, 2.75) is 48.6 Å². The van der Waals surface area contributed by atoms with Crippen LogP contribution in [0.25, 0.3) is 11.3 Å². The van der Waals surface area contributed by atoms with Crippen molar-refractivity contribution in [3.8, 4) is 0 Å². The molecule has 0 bridgehead atoms. The largest absolute Gasteiger partial charge is 0.342 e. The van der Waals surface area contributed by atoms with Gasteiger partial charge in [0.2, 0.25) is 5.95 Å². The smallest absolute Gasteiger partial charge is 0.206 e. The number of aromatic nitrogens is 6. The molecule has 3 N–H and O–H groups in total. The molecule has 5 heterocycles. The molecule has 1 spiro atoms. The third kappa shape index (κ3) is 3.62. The van der Waals surface area contributed by atoms with Crippen molar-refractivity contribution in [2.24, 2.45) is 11.1 Å². The van der Waals surface area contributed by atoms with Crippen LogP contribution in [0, 0.1) is 5.41 Å². The minimum atomic E-state index is 0.0465. The van der Waals surface area contributed by atoms with Gasteiger partial charge in [0.25, 0.3) is 0 Å². The summed E-state index contributed by atoms with van der Waals surface area (Å²) in [5, 5.41) is 1.43. The molecular weight excluding hydrogens is 468 g/mol. The number of aryl methyl sites for hydroxylation is 1. The number of nitrogens with zero attached hydrogens (tertiary/aromatic N) is 6. The van der Waals surface area contributed by atoms with Gasteiger partial charge in [-0.05, 0) is 48.8 Å². The van der Waals surface area contributed by atoms with E-state index in [0.29, 0.717) is 16.3 Å². The lowest BCUT2D eigenvalue weighted by molar-refractivity contribution is 0.186. The molecule has 1 aliphatic heterocycles. The van der Waals surface area contributed by atoms with E-state index >= 15 is 0 Å². The third-order valence-electron chi connectivity index (χ3n) is 7.15. The summed E-state index contributed by atoms with van der Waals surface area (Å²) in [5.41, 5.74) is 11.3. The summed E-state index contributed by atoms with van der Waals surface area (Å²) in [6, 6.07) is 6.06. The van der Waals surface area contributed by atoms with E-state index in [1.54, 1.807) is 12.4 Å². The molecule has 1 aliphatic carbocycles. The SMILES string of the molecule is CCc1nccc(Sc2cnc3nc(N4CCC5(CC4)Cc4ncccc4[C@H]5N)[nH]c3n2)c1Cl. The summed E-state index contributed by atoms with van der Waals surface area (Å²) < 4.78 is 0. The van der Waals surface area contributed by atoms with E-state index in [9.17, 15) is 0 Å². The fraction of sp³-hybridized carbons (Fsp3) is 0.375. The maximum absolute atomic E-state index is 6.69. The van der Waals surface area contributed by atoms with E-state index in [2.05, 4.69) is 30.9 Å². The van der Waals surface area contributed by atoms with E-state index in [1.165, 1.54) is 17.3 Å². The zero-order valence-electron chi connectivity index (χ0n) is 18.8. The van der Waals surface area contributed by atoms with Crippen LogP contribution in [0.4, 0.5) is 5.95 Å². The minimum absolute atomic E-state index is 0.0465. The van der Waals surface area contributed by atoms with Crippen molar-refractivity contribution in [2.75, 3.05) is 18.0 Å². The highest BCUT2D eigenvalue weighted by Crippen LogP contribution is 2.50. The van der Waals surface area contributed by atoms with Gasteiger partial charge in [0, 0.05) is 42.1 Å². The predicted molar refractivity (Wildman–Crippen MR) is 133 cm³/mol. The van der Waals surface area contributed by atoms with Crippen molar-refractivity contribution < 1.29 is 0 Å². The molecule has 2 aliphatic rings. The Morgan fingerprint density at radius 2 is 2.03 bits per heavy atom. The van der Waals surface area contributed by atoms with Gasteiger partial charge < -0.3 is 15.6 Å². The van der Waals surface area contributed by atoms with Gasteiger partial charge in [0.1, 0.15) is 5.03 Å². The summed E-state index contributed by atoms with van der Waals surface area (Å²) in [5.74, 6) is 0.810. The van der Waals surface area contributed by atoms with Crippen molar-refractivity contribution in [1.29, 1.82) is 0 Å². The van der Waals surface area contributed by atoms with Crippen LogP contribution < -0.4 is 10.6 Å². The molecule has 0 radical (unpaired) electrons. The number of rotatable bonds is 4. The van der Waals surface area contributed by atoms with Crippen LogP contribution in [-0.2, 0) is 12.8 Å². The summed E-state index contributed by atoms with van der Waals surface area (Å²) in [7, 11) is 0. The summed E-state index contributed by atoms with van der Waals surface area (Å²) in [4.78, 5) is 29.5. The quantitative estimate of drug-likeness (QED) is 0.432. The second kappa shape index (κ2) is 8.48. The second-order valence-electron chi connectivity index (χ2n) is 9.01. The van der Waals surface area contributed by atoms with Crippen LogP contribution in [0.2, 0.25) is 5.02 Å². The fourth-order valence-electron chi connectivity index (χ4n) is 5.18. The predicted octanol–water partition coefficient (Wildman–Crippen LogP) is 4.35. The standard InChI is InChI=1S/C24H25ClN8S/c1-2-15-19(25)17(5-9-28-15)34-18-13-29-21-22(30-18)32-23(31-21)33-10-6-24(7-11-33)12-16-14(20(24)26)4-3-8-27-16/h3-5,8-9,13,20H,2,6-7,10-12,26H2,1H3,(H,29,30,31,32)/t20-/m1/s1. The van der Waals surface area contributed by atoms with Crippen LogP contribution in [-0.4, -0.2) is 43.0 Å². The van der Waals surface area contributed by atoms with E-state index in [4.69, 9.17) is 27.3 Å². The van der Waals surface area contributed by atoms with Gasteiger partial charge in [0.05, 0.1) is 16.9 Å². The maximum Gasteiger partial charge on any atom is 0.206 e. The van der Waals surface area contributed by atoms with Gasteiger partial charge in [-0.3, -0.25) is 9.97 Å². The lowest BCUT2D eigenvalue weighted by Crippen LogP contribution is -2.44. The number of nitrogens with two attached hydrogens (primary N) is 1. The van der Waals surface area contributed by atoms with E-state index in [-0.39, 0.29) is 11.5 Å². The number of hydrogen-bond acceptors (Lipinski definition) is 8. The Hall–Kier alpha value is -2.75. The number of halogens is 1. The lowest BCUT2D eigenvalue weighted by Gasteiger charge is -2.41. The molecular formula is C24H25ClN8S. The highest BCUT2D eigenvalue weighted by atomic mass is 35.5. The Bertz CT molecular complexity index is 1360. The zero-order valence-corrected chi connectivity index (χ0v) is 20.4. The first-order valence-corrected chi connectivity index (χ1v) is 12.7. The molecule has 34 heavy (non-hydrogen) atoms. The second-order valence-corrected chi connectivity index (χ2v) is 10.4. The molecule has 0 saturated carbocycles. The van der Waals surface area contributed by atoms with Crippen molar-refractivity contribution >= 4 is 40.6 Å². The van der Waals surface area contributed by atoms with E-state index < -0.39 is 0 Å². The third-order valence-corrected chi connectivity index (χ3v) is 8.65. The average molecular weight is 493 g/mol. The number of H-pyrrole nitrogens is 1. The number of fused-ring (bicyclic) bond motifs is 2. The van der Waals surface area contributed by atoms with Crippen LogP contribution in [0.15, 0.2) is 46.7 Å². The molecule has 1 saturated heterocycles. The first-order valence-electron chi connectivity index (χ1n) is 11.5. The van der Waals surface area contributed by atoms with Gasteiger partial charge in [-0.2, -0.15) is 4.98 Å². The first-order chi connectivity index (χ1) is 16.6. The molecule has 0 unspecified atom stereocenters. The first kappa shape index (κ1) is 21.8. The van der Waals surface area contributed by atoms with Gasteiger partial charge in [0.15, 0.2) is 11.3 Å². The van der Waals surface area contributed by atoms with Gasteiger partial charge >= 0.3 is 0 Å². The van der Waals surface area contributed by atoms with Crippen molar-refractivity contribution in [3.63, 3.8) is 0 Å². The number of piperidine rings is 1. The number of anilines is 1. The molecule has 6 rings (SSSR count). The molecule has 0 aromatic carbocycles. The Morgan fingerprint density at radius 1 is 1.18 bits per heavy atom. The Kier molecular flexibility index (Phi) is 5.43. The maximum atomic E-state index is 6.69. The number of hydrogen-bond donors (Lipinski definition) is 2. The lowest BCUT2D eigenvalue weighted by atomic mass is 9.73. The Morgan fingerprint density at radius 3 is 2.82 bits per heavy atom. The highest BCUT2D eigenvalue weighted by molar-refractivity contribution is 7.99. The summed E-state index contributed by atoms with van der Waals surface area (Å²) >= 11 is 7.99. The van der Waals surface area contributed by atoms with Crippen LogP contribution in [0.5, 0.6) is 0 Å². The molecule has 10 heteroatoms. The average Bonchev–Trinajstić information content (AvgIpc) is 3.40. The molecule has 1 atom stereocenters. The zero-order chi connectivity index (χ0) is 23.3. The monoisotopic (exact) mass is 492 g/mol. The van der Waals surface area contributed by atoms with Gasteiger partial charge in [-0.1, -0.05) is 36.4 Å². The van der Waals surface area contributed by atoms with Crippen LogP contribution in [0.3, 0.4) is 0 Å². The topological polar surface area (TPSA) is 110 Å². The van der Waals surface area contributed by atoms with Gasteiger partial charge in [-0.25, -0.2) is 9.97 Å². The van der Waals surface area contributed by atoms with Crippen molar-refractivity contribution in [1.82, 2.24) is 29.9 Å². The number of nitrogens with one attached hydrogen (secondary N) is 1. The molecule has 4 aromatic heterocycles. The molecule has 4 aromatic rings. The highest BCUT2D eigenvalue weighted by Gasteiger charge is 2.46. The van der Waals surface area contributed by atoms with Crippen LogP contribution in [0.1, 0.15) is 42.8 Å². The van der Waals surface area contributed by atoms with Gasteiger partial charge in [-0.15, -0.1) is 0 Å². The molecule has 1 fully saturated rings. The number of pyridine rings is 2. The summed E-state index contributed by atoms with van der Waals surface area (Å²) in [6.07, 6.45) is 9.14. The van der Waals surface area contributed by atoms with E-state index in [0.717, 1.165) is 66.0 Å². The normalized spacial score (nSPS) is 19.1. The fourth-order valence-corrected chi connectivity index (χ4v) is 6.34. The van der Waals surface area contributed by atoms with Crippen molar-refractivity contribution in [3.05, 3.63) is 58.8 Å². The minimum Gasteiger partial charge on any atom is -0.342 e. The Balaban J connectivity index is 1.19. The molecule has 8 nitrogen and oxygen atoms in total. The summed E-state index contributed by atoms with van der Waals surface area (Å²) in [6.45, 7) is 3.81. The molecule has 0 amide bonds. The molecule has 174 valence electrons.